The largest absolute Gasteiger partial charge is 0.504 e. The molecule has 0 bridgehead atoms. The van der Waals surface area contributed by atoms with Crippen LogP contribution in [-0.2, 0) is 16.8 Å². The molecular formula is C21H22N2O4. The zero-order valence-electron chi connectivity index (χ0n) is 15.6. The van der Waals surface area contributed by atoms with Gasteiger partial charge >= 0.3 is 6.03 Å². The standard InChI is InChI=1S/C21H22N2O4/c1-13(14-7-5-4-6-8-14)23-19(25)21(2)16-12-18(27-3)17(24)11-15(16)9-10-22(21)20(23)26/h4-8,11-13,24H,9-10H2,1-3H3. The van der Waals surface area contributed by atoms with Gasteiger partial charge in [-0.15, -0.1) is 0 Å². The highest BCUT2D eigenvalue weighted by atomic mass is 16.5. The van der Waals surface area contributed by atoms with Crippen molar-refractivity contribution in [3.63, 3.8) is 0 Å². The maximum absolute atomic E-state index is 13.5. The van der Waals surface area contributed by atoms with E-state index in [0.29, 0.717) is 24.3 Å². The van der Waals surface area contributed by atoms with Crippen molar-refractivity contribution in [1.82, 2.24) is 9.80 Å². The number of hydrogen-bond acceptors (Lipinski definition) is 4. The fourth-order valence-electron chi connectivity index (χ4n) is 4.23. The Kier molecular flexibility index (Phi) is 3.87. The molecule has 0 aromatic heterocycles. The molecule has 2 heterocycles. The van der Waals surface area contributed by atoms with Gasteiger partial charge in [0.05, 0.1) is 13.2 Å². The second-order valence-corrected chi connectivity index (χ2v) is 7.20. The van der Waals surface area contributed by atoms with Gasteiger partial charge in [0.25, 0.3) is 5.91 Å². The first-order valence-electron chi connectivity index (χ1n) is 9.00. The van der Waals surface area contributed by atoms with Crippen molar-refractivity contribution in [2.75, 3.05) is 13.7 Å². The lowest BCUT2D eigenvalue weighted by molar-refractivity contribution is -0.134. The van der Waals surface area contributed by atoms with Crippen LogP contribution in [0.15, 0.2) is 42.5 Å². The van der Waals surface area contributed by atoms with Gasteiger partial charge in [0.2, 0.25) is 0 Å². The van der Waals surface area contributed by atoms with E-state index in [1.807, 2.05) is 37.3 Å². The number of fused-ring (bicyclic) bond motifs is 3. The molecule has 2 unspecified atom stereocenters. The van der Waals surface area contributed by atoms with E-state index in [0.717, 1.165) is 11.1 Å². The third-order valence-electron chi connectivity index (χ3n) is 5.82. The maximum atomic E-state index is 13.5. The van der Waals surface area contributed by atoms with Crippen LogP contribution >= 0.6 is 0 Å². The van der Waals surface area contributed by atoms with Gasteiger partial charge < -0.3 is 14.7 Å². The van der Waals surface area contributed by atoms with Crippen molar-refractivity contribution >= 4 is 11.9 Å². The van der Waals surface area contributed by atoms with Gasteiger partial charge in [-0.25, -0.2) is 4.79 Å². The third kappa shape index (κ3) is 2.32. The number of nitrogens with zero attached hydrogens (tertiary/aromatic N) is 2. The third-order valence-corrected chi connectivity index (χ3v) is 5.82. The van der Waals surface area contributed by atoms with E-state index in [4.69, 9.17) is 4.74 Å². The van der Waals surface area contributed by atoms with Crippen LogP contribution < -0.4 is 4.74 Å². The van der Waals surface area contributed by atoms with Gasteiger partial charge in [0.1, 0.15) is 5.54 Å². The second-order valence-electron chi connectivity index (χ2n) is 7.20. The molecule has 2 aliphatic rings. The van der Waals surface area contributed by atoms with E-state index >= 15 is 0 Å². The molecule has 2 atom stereocenters. The quantitative estimate of drug-likeness (QED) is 0.847. The van der Waals surface area contributed by atoms with E-state index in [2.05, 4.69) is 0 Å². The van der Waals surface area contributed by atoms with Gasteiger partial charge in [0, 0.05) is 6.54 Å². The zero-order chi connectivity index (χ0) is 19.3. The molecule has 1 saturated heterocycles. The number of aromatic hydroxyl groups is 1. The predicted octanol–water partition coefficient (Wildman–Crippen LogP) is 3.20. The summed E-state index contributed by atoms with van der Waals surface area (Å²) >= 11 is 0. The molecule has 1 N–H and O–H groups in total. The normalized spacial score (nSPS) is 22.5. The molecular weight excluding hydrogens is 344 g/mol. The molecule has 2 aromatic rings. The van der Waals surface area contributed by atoms with Crippen LogP contribution in [0.3, 0.4) is 0 Å². The Morgan fingerprint density at radius 2 is 1.89 bits per heavy atom. The van der Waals surface area contributed by atoms with Gasteiger partial charge in [-0.1, -0.05) is 30.3 Å². The topological polar surface area (TPSA) is 70.1 Å². The summed E-state index contributed by atoms with van der Waals surface area (Å²) in [7, 11) is 1.47. The lowest BCUT2D eigenvalue weighted by Crippen LogP contribution is -2.48. The van der Waals surface area contributed by atoms with Crippen LogP contribution in [0.25, 0.3) is 0 Å². The van der Waals surface area contributed by atoms with Crippen LogP contribution in [-0.4, -0.2) is 40.5 Å². The lowest BCUT2D eigenvalue weighted by Gasteiger charge is -2.38. The molecule has 3 amide bonds. The number of hydrogen-bond donors (Lipinski definition) is 1. The summed E-state index contributed by atoms with van der Waals surface area (Å²) in [6, 6.07) is 12.2. The summed E-state index contributed by atoms with van der Waals surface area (Å²) in [6.45, 7) is 4.07. The molecule has 2 aromatic carbocycles. The first kappa shape index (κ1) is 17.4. The summed E-state index contributed by atoms with van der Waals surface area (Å²) in [6.07, 6.45) is 0.578. The number of methoxy groups -OCH3 is 1. The smallest absolute Gasteiger partial charge is 0.328 e. The molecule has 0 saturated carbocycles. The highest BCUT2D eigenvalue weighted by molar-refractivity contribution is 6.08. The highest BCUT2D eigenvalue weighted by Crippen LogP contribution is 2.47. The number of carbonyl (C=O) groups excluding carboxylic acids is 2. The van der Waals surface area contributed by atoms with Crippen molar-refractivity contribution in [3.05, 3.63) is 59.2 Å². The van der Waals surface area contributed by atoms with Gasteiger partial charge in [0.15, 0.2) is 11.5 Å². The monoisotopic (exact) mass is 366 g/mol. The van der Waals surface area contributed by atoms with E-state index < -0.39 is 5.54 Å². The second kappa shape index (κ2) is 6.01. The number of urea groups is 1. The fourth-order valence-corrected chi connectivity index (χ4v) is 4.23. The van der Waals surface area contributed by atoms with Crippen molar-refractivity contribution in [2.24, 2.45) is 0 Å². The van der Waals surface area contributed by atoms with Crippen molar-refractivity contribution < 1.29 is 19.4 Å². The Hall–Kier alpha value is -3.02. The molecule has 2 aliphatic heterocycles. The zero-order valence-corrected chi connectivity index (χ0v) is 15.6. The van der Waals surface area contributed by atoms with Crippen molar-refractivity contribution in [3.8, 4) is 11.5 Å². The predicted molar refractivity (Wildman–Crippen MR) is 99.5 cm³/mol. The Labute approximate surface area is 158 Å². The molecule has 27 heavy (non-hydrogen) atoms. The van der Waals surface area contributed by atoms with Crippen LogP contribution in [0.4, 0.5) is 4.79 Å². The molecule has 6 nitrogen and oxygen atoms in total. The molecule has 4 rings (SSSR count). The Bertz CT molecular complexity index is 927. The number of phenols is 1. The SMILES string of the molecule is COc1cc2c(cc1O)CCN1C(=O)N(C(C)c3ccccc3)C(=O)C21C. The number of carbonyl (C=O) groups is 2. The molecule has 1 fully saturated rings. The van der Waals surface area contributed by atoms with Gasteiger partial charge in [-0.05, 0) is 49.1 Å². The fraction of sp³-hybridized carbons (Fsp3) is 0.333. The summed E-state index contributed by atoms with van der Waals surface area (Å²) in [5.41, 5.74) is 1.38. The average molecular weight is 366 g/mol. The first-order valence-corrected chi connectivity index (χ1v) is 9.00. The minimum Gasteiger partial charge on any atom is -0.504 e. The summed E-state index contributed by atoms with van der Waals surface area (Å²) in [5.74, 6) is 0.0868. The first-order chi connectivity index (χ1) is 12.9. The van der Waals surface area contributed by atoms with Crippen LogP contribution in [0.2, 0.25) is 0 Å². The number of rotatable bonds is 3. The Balaban J connectivity index is 1.81. The molecule has 0 spiro atoms. The minimum absolute atomic E-state index is 0.0413. The number of amides is 3. The van der Waals surface area contributed by atoms with Gasteiger partial charge in [-0.2, -0.15) is 0 Å². The molecule has 0 radical (unpaired) electrons. The number of ether oxygens (including phenoxy) is 1. The van der Waals surface area contributed by atoms with E-state index in [1.165, 1.54) is 12.0 Å². The molecule has 0 aliphatic carbocycles. The Morgan fingerprint density at radius 3 is 2.56 bits per heavy atom. The van der Waals surface area contributed by atoms with Crippen molar-refractivity contribution in [2.45, 2.75) is 31.8 Å². The van der Waals surface area contributed by atoms with Crippen molar-refractivity contribution in [1.29, 1.82) is 0 Å². The average Bonchev–Trinajstić information content (AvgIpc) is 2.87. The Morgan fingerprint density at radius 1 is 1.19 bits per heavy atom. The van der Waals surface area contributed by atoms with E-state index in [-0.39, 0.29) is 23.7 Å². The van der Waals surface area contributed by atoms with E-state index in [9.17, 15) is 14.7 Å². The minimum atomic E-state index is -1.10. The maximum Gasteiger partial charge on any atom is 0.328 e. The van der Waals surface area contributed by atoms with Crippen LogP contribution in [0, 0.1) is 0 Å². The summed E-state index contributed by atoms with van der Waals surface area (Å²) in [5, 5.41) is 10.1. The van der Waals surface area contributed by atoms with Crippen LogP contribution in [0.5, 0.6) is 11.5 Å². The summed E-state index contributed by atoms with van der Waals surface area (Å²) < 4.78 is 5.23. The highest BCUT2D eigenvalue weighted by Gasteiger charge is 2.58. The van der Waals surface area contributed by atoms with Gasteiger partial charge in [-0.3, -0.25) is 9.69 Å². The molecule has 6 heteroatoms. The number of imide groups is 1. The number of phenolic OH excluding ortho intramolecular Hbond substituents is 1. The van der Waals surface area contributed by atoms with E-state index in [1.54, 1.807) is 24.0 Å². The molecule has 140 valence electrons. The summed E-state index contributed by atoms with van der Waals surface area (Å²) in [4.78, 5) is 29.6. The van der Waals surface area contributed by atoms with Crippen LogP contribution in [0.1, 0.15) is 36.6 Å². The number of benzene rings is 2. The lowest BCUT2D eigenvalue weighted by atomic mass is 9.82.